The van der Waals surface area contributed by atoms with Gasteiger partial charge in [-0.1, -0.05) is 39.0 Å². The van der Waals surface area contributed by atoms with Gasteiger partial charge in [-0.2, -0.15) is 0 Å². The smallest absolute Gasteiger partial charge is 0.271 e. The quantitative estimate of drug-likeness (QED) is 0.321. The fraction of sp³-hybridized carbons (Fsp3) is 0.333. The number of hydrogen-bond acceptors (Lipinski definition) is 6. The summed E-state index contributed by atoms with van der Waals surface area (Å²) in [4.78, 5) is 39.6. The molecule has 1 amide bonds. The summed E-state index contributed by atoms with van der Waals surface area (Å²) in [6, 6.07) is 14.2. The number of carbonyl (C=O) groups is 1. The highest BCUT2D eigenvalue weighted by molar-refractivity contribution is 6.06. The van der Waals surface area contributed by atoms with Gasteiger partial charge in [0, 0.05) is 28.6 Å². The van der Waals surface area contributed by atoms with E-state index in [0.717, 1.165) is 28.7 Å². The van der Waals surface area contributed by atoms with Crippen LogP contribution in [0.1, 0.15) is 50.7 Å². The fourth-order valence-electron chi connectivity index (χ4n) is 6.28. The number of para-hydroxylation sites is 1. The normalized spacial score (nSPS) is 24.0. The summed E-state index contributed by atoms with van der Waals surface area (Å²) < 4.78 is 0. The molecule has 8 heteroatoms. The van der Waals surface area contributed by atoms with Crippen LogP contribution in [0, 0.1) is 22.5 Å². The molecular weight excluding hydrogens is 442 g/mol. The number of nitrogens with zero attached hydrogens (tertiary/aromatic N) is 4. The highest BCUT2D eigenvalue weighted by atomic mass is 16.6. The van der Waals surface area contributed by atoms with Gasteiger partial charge in [0.05, 0.1) is 44.0 Å². The maximum Gasteiger partial charge on any atom is 0.271 e. The lowest BCUT2D eigenvalue weighted by Gasteiger charge is -2.39. The molecule has 1 fully saturated rings. The van der Waals surface area contributed by atoms with Crippen molar-refractivity contribution in [2.24, 2.45) is 5.41 Å². The van der Waals surface area contributed by atoms with E-state index in [0.29, 0.717) is 28.8 Å². The summed E-state index contributed by atoms with van der Waals surface area (Å²) in [6.07, 6.45) is 1.43. The lowest BCUT2D eigenvalue weighted by molar-refractivity contribution is -0.384. The van der Waals surface area contributed by atoms with Gasteiger partial charge in [0.2, 0.25) is 5.91 Å². The first-order valence-corrected chi connectivity index (χ1v) is 11.7. The second-order valence-electron chi connectivity index (χ2n) is 10.5. The highest BCUT2D eigenvalue weighted by Crippen LogP contribution is 2.70. The third-order valence-electron chi connectivity index (χ3n) is 8.73. The maximum atomic E-state index is 14.2. The molecule has 176 valence electrons. The van der Waals surface area contributed by atoms with Gasteiger partial charge in [0.15, 0.2) is 0 Å². The summed E-state index contributed by atoms with van der Waals surface area (Å²) >= 11 is 0. The summed E-state index contributed by atoms with van der Waals surface area (Å²) in [5.41, 5.74) is 2.97. The first kappa shape index (κ1) is 21.6. The Kier molecular flexibility index (Phi) is 4.20. The topological polar surface area (TPSA) is 111 Å². The first-order valence-electron chi connectivity index (χ1n) is 11.7. The number of aryl methyl sites for hydroxylation is 1. The number of fused-ring (bicyclic) bond motifs is 7. The van der Waals surface area contributed by atoms with Crippen molar-refractivity contribution in [2.75, 3.05) is 5.32 Å². The molecule has 0 spiro atoms. The standard InChI is InChI=1S/C27H25N5O3/c1-15-8-9-16-6-5-7-19(21(16)28-15)31-24(33)27-13-12-26(4,25(27,2)3)22-23(27)30-20-14-17(32(34)35)10-11-18(20)29-22/h5-11,14H,12-13H2,1-4H3,(H,31,33). The number of nitrogens with one attached hydrogen (secondary N) is 1. The van der Waals surface area contributed by atoms with Gasteiger partial charge >= 0.3 is 0 Å². The second-order valence-corrected chi connectivity index (χ2v) is 10.5. The van der Waals surface area contributed by atoms with E-state index in [-0.39, 0.29) is 17.0 Å². The van der Waals surface area contributed by atoms with Crippen molar-refractivity contribution in [2.45, 2.75) is 51.4 Å². The minimum absolute atomic E-state index is 0.0453. The summed E-state index contributed by atoms with van der Waals surface area (Å²) in [6.45, 7) is 8.31. The first-order chi connectivity index (χ1) is 16.6. The van der Waals surface area contributed by atoms with Crippen LogP contribution in [0.5, 0.6) is 0 Å². The molecule has 2 aromatic heterocycles. The molecule has 0 saturated heterocycles. The number of non-ortho nitro benzene ring substituents is 1. The van der Waals surface area contributed by atoms with Gasteiger partial charge in [-0.15, -0.1) is 0 Å². The number of pyridine rings is 1. The van der Waals surface area contributed by atoms with E-state index in [2.05, 4.69) is 31.1 Å². The molecule has 2 unspecified atom stereocenters. The van der Waals surface area contributed by atoms with Gasteiger partial charge in [-0.05, 0) is 43.4 Å². The van der Waals surface area contributed by atoms with Crippen LogP contribution >= 0.6 is 0 Å². The van der Waals surface area contributed by atoms with Gasteiger partial charge in [0.1, 0.15) is 0 Å². The minimum atomic E-state index is -0.922. The average Bonchev–Trinajstić information content (AvgIpc) is 3.12. The van der Waals surface area contributed by atoms with Crippen LogP contribution in [0.15, 0.2) is 48.5 Å². The second kappa shape index (κ2) is 6.81. The van der Waals surface area contributed by atoms with Crippen LogP contribution in [0.2, 0.25) is 0 Å². The van der Waals surface area contributed by atoms with Crippen LogP contribution in [0.3, 0.4) is 0 Å². The number of aromatic nitrogens is 3. The van der Waals surface area contributed by atoms with Crippen molar-refractivity contribution >= 4 is 39.2 Å². The Morgan fingerprint density at radius 2 is 1.74 bits per heavy atom. The Morgan fingerprint density at radius 1 is 0.971 bits per heavy atom. The van der Waals surface area contributed by atoms with Crippen LogP contribution in [-0.2, 0) is 15.6 Å². The van der Waals surface area contributed by atoms with E-state index in [1.807, 2.05) is 37.3 Å². The number of hydrogen-bond donors (Lipinski definition) is 1. The third-order valence-corrected chi connectivity index (χ3v) is 8.73. The fourth-order valence-corrected chi connectivity index (χ4v) is 6.28. The van der Waals surface area contributed by atoms with Crippen molar-refractivity contribution in [3.8, 4) is 0 Å². The average molecular weight is 468 g/mol. The van der Waals surface area contributed by atoms with E-state index >= 15 is 0 Å². The van der Waals surface area contributed by atoms with Gasteiger partial charge in [-0.3, -0.25) is 19.9 Å². The summed E-state index contributed by atoms with van der Waals surface area (Å²) in [5, 5.41) is 15.5. The SMILES string of the molecule is Cc1ccc2cccc(NC(=O)C34CCC(C)(c5nc6ccc([N+](=O)[O-])cc6nc53)C4(C)C)c2n1. The molecule has 1 N–H and O–H groups in total. The van der Waals surface area contributed by atoms with Gasteiger partial charge < -0.3 is 5.32 Å². The van der Waals surface area contributed by atoms with Gasteiger partial charge in [-0.25, -0.2) is 9.97 Å². The number of nitro benzene ring substituents is 1. The maximum absolute atomic E-state index is 14.2. The number of nitro groups is 1. The molecule has 2 atom stereocenters. The Balaban J connectivity index is 1.54. The molecule has 8 nitrogen and oxygen atoms in total. The summed E-state index contributed by atoms with van der Waals surface area (Å²) in [5.74, 6) is -0.139. The molecule has 0 radical (unpaired) electrons. The van der Waals surface area contributed by atoms with E-state index in [1.165, 1.54) is 12.1 Å². The van der Waals surface area contributed by atoms with Crippen molar-refractivity contribution in [3.63, 3.8) is 0 Å². The molecule has 2 aromatic carbocycles. The lowest BCUT2D eigenvalue weighted by Crippen LogP contribution is -2.48. The number of amides is 1. The molecular formula is C27H25N5O3. The van der Waals surface area contributed by atoms with E-state index in [9.17, 15) is 14.9 Å². The zero-order chi connectivity index (χ0) is 24.8. The van der Waals surface area contributed by atoms with Crippen LogP contribution in [0.4, 0.5) is 11.4 Å². The highest BCUT2D eigenvalue weighted by Gasteiger charge is 2.73. The molecule has 2 heterocycles. The number of anilines is 1. The lowest BCUT2D eigenvalue weighted by atomic mass is 9.63. The van der Waals surface area contributed by atoms with Crippen molar-refractivity contribution < 1.29 is 9.72 Å². The zero-order valence-electron chi connectivity index (χ0n) is 20.0. The number of rotatable bonds is 3. The molecule has 6 rings (SSSR count). The van der Waals surface area contributed by atoms with Crippen LogP contribution < -0.4 is 5.32 Å². The third kappa shape index (κ3) is 2.62. The van der Waals surface area contributed by atoms with E-state index in [1.54, 1.807) is 6.07 Å². The van der Waals surface area contributed by atoms with Gasteiger partial charge in [0.25, 0.3) is 5.69 Å². The predicted molar refractivity (Wildman–Crippen MR) is 133 cm³/mol. The van der Waals surface area contributed by atoms with E-state index < -0.39 is 15.8 Å². The van der Waals surface area contributed by atoms with Crippen molar-refractivity contribution in [3.05, 3.63) is 75.7 Å². The Bertz CT molecular complexity index is 1600. The summed E-state index contributed by atoms with van der Waals surface area (Å²) in [7, 11) is 0. The molecule has 2 bridgehead atoms. The molecule has 35 heavy (non-hydrogen) atoms. The number of carbonyl (C=O) groups excluding carboxylic acids is 1. The van der Waals surface area contributed by atoms with E-state index in [4.69, 9.17) is 9.97 Å². The largest absolute Gasteiger partial charge is 0.323 e. The predicted octanol–water partition coefficient (Wildman–Crippen LogP) is 5.36. The van der Waals surface area contributed by atoms with Crippen LogP contribution in [-0.4, -0.2) is 25.8 Å². The Morgan fingerprint density at radius 3 is 2.51 bits per heavy atom. The number of benzene rings is 2. The molecule has 2 aliphatic carbocycles. The monoisotopic (exact) mass is 467 g/mol. The molecule has 0 aliphatic heterocycles. The zero-order valence-corrected chi connectivity index (χ0v) is 20.0. The van der Waals surface area contributed by atoms with Crippen LogP contribution in [0.25, 0.3) is 21.9 Å². The Hall–Kier alpha value is -3.94. The van der Waals surface area contributed by atoms with Crippen molar-refractivity contribution in [1.82, 2.24) is 15.0 Å². The molecule has 1 saturated carbocycles. The minimum Gasteiger partial charge on any atom is -0.323 e. The van der Waals surface area contributed by atoms with Crippen molar-refractivity contribution in [1.29, 1.82) is 0 Å². The Labute approximate surface area is 202 Å². The molecule has 4 aromatic rings. The molecule has 2 aliphatic rings.